The summed E-state index contributed by atoms with van der Waals surface area (Å²) in [4.78, 5) is 4.51. The van der Waals surface area contributed by atoms with Crippen molar-refractivity contribution in [3.05, 3.63) is 57.8 Å². The standard InChI is InChI=1S/C17H18BrNO2/c1-21-15-8-7-12(18)10-14(15)17(20)13-6-2-4-11-5-3-9-19-16(11)13/h3,5,7-10,13,17,20H,2,4,6H2,1H3. The predicted octanol–water partition coefficient (Wildman–Crippen LogP) is 4.01. The maximum absolute atomic E-state index is 10.9. The zero-order chi connectivity index (χ0) is 14.8. The molecule has 0 fully saturated rings. The van der Waals surface area contributed by atoms with Gasteiger partial charge in [-0.1, -0.05) is 22.0 Å². The second kappa shape index (κ2) is 6.16. The number of benzene rings is 1. The number of halogens is 1. The molecule has 2 unspecified atom stereocenters. The van der Waals surface area contributed by atoms with E-state index in [0.717, 1.165) is 35.0 Å². The molecule has 1 aliphatic carbocycles. The number of aryl methyl sites for hydroxylation is 1. The first kappa shape index (κ1) is 14.5. The zero-order valence-electron chi connectivity index (χ0n) is 11.9. The first-order valence-electron chi connectivity index (χ1n) is 7.16. The van der Waals surface area contributed by atoms with Gasteiger partial charge in [0.2, 0.25) is 0 Å². The molecule has 0 saturated heterocycles. The molecule has 0 spiro atoms. The van der Waals surface area contributed by atoms with Crippen molar-refractivity contribution < 1.29 is 9.84 Å². The monoisotopic (exact) mass is 347 g/mol. The second-order valence-electron chi connectivity index (χ2n) is 5.38. The highest BCUT2D eigenvalue weighted by Gasteiger charge is 2.30. The molecule has 1 aromatic heterocycles. The number of fused-ring (bicyclic) bond motifs is 1. The first-order valence-corrected chi connectivity index (χ1v) is 7.95. The summed E-state index contributed by atoms with van der Waals surface area (Å²) < 4.78 is 6.34. The fourth-order valence-corrected chi connectivity index (χ4v) is 3.48. The van der Waals surface area contributed by atoms with Gasteiger partial charge in [0.05, 0.1) is 13.2 Å². The summed E-state index contributed by atoms with van der Waals surface area (Å²) in [6.07, 6.45) is 4.27. The molecule has 1 N–H and O–H groups in total. The topological polar surface area (TPSA) is 42.4 Å². The lowest BCUT2D eigenvalue weighted by atomic mass is 9.81. The first-order chi connectivity index (χ1) is 10.2. The summed E-state index contributed by atoms with van der Waals surface area (Å²) in [6, 6.07) is 9.81. The van der Waals surface area contributed by atoms with E-state index in [1.807, 2.05) is 30.5 Å². The minimum atomic E-state index is -0.605. The largest absolute Gasteiger partial charge is 0.496 e. The Bertz CT molecular complexity index is 644. The quantitative estimate of drug-likeness (QED) is 0.912. The van der Waals surface area contributed by atoms with Gasteiger partial charge in [0.15, 0.2) is 0 Å². The third-order valence-corrected chi connectivity index (χ3v) is 4.62. The third-order valence-electron chi connectivity index (χ3n) is 4.13. The van der Waals surface area contributed by atoms with Crippen molar-refractivity contribution in [3.63, 3.8) is 0 Å². The van der Waals surface area contributed by atoms with Crippen LogP contribution < -0.4 is 4.74 Å². The van der Waals surface area contributed by atoms with E-state index < -0.39 is 6.10 Å². The highest BCUT2D eigenvalue weighted by molar-refractivity contribution is 9.10. The van der Waals surface area contributed by atoms with Crippen LogP contribution in [0.1, 0.15) is 41.7 Å². The van der Waals surface area contributed by atoms with E-state index in [2.05, 4.69) is 27.0 Å². The molecule has 110 valence electrons. The van der Waals surface area contributed by atoms with Crippen LogP contribution in [-0.2, 0) is 6.42 Å². The van der Waals surface area contributed by atoms with E-state index in [1.165, 1.54) is 5.56 Å². The average molecular weight is 348 g/mol. The minimum Gasteiger partial charge on any atom is -0.496 e. The van der Waals surface area contributed by atoms with Gasteiger partial charge >= 0.3 is 0 Å². The van der Waals surface area contributed by atoms with Crippen molar-refractivity contribution in [2.45, 2.75) is 31.3 Å². The van der Waals surface area contributed by atoms with E-state index in [0.29, 0.717) is 5.75 Å². The van der Waals surface area contributed by atoms with Crippen LogP contribution in [0.2, 0.25) is 0 Å². The summed E-state index contributed by atoms with van der Waals surface area (Å²) >= 11 is 3.47. The lowest BCUT2D eigenvalue weighted by Crippen LogP contribution is -2.19. The Hall–Kier alpha value is -1.39. The summed E-state index contributed by atoms with van der Waals surface area (Å²) in [5.41, 5.74) is 3.09. The zero-order valence-corrected chi connectivity index (χ0v) is 13.5. The van der Waals surface area contributed by atoms with Crippen LogP contribution >= 0.6 is 15.9 Å². The Morgan fingerprint density at radius 1 is 1.38 bits per heavy atom. The van der Waals surface area contributed by atoms with Gasteiger partial charge in [-0.25, -0.2) is 0 Å². The van der Waals surface area contributed by atoms with Crippen LogP contribution in [0.15, 0.2) is 41.0 Å². The number of nitrogens with zero attached hydrogens (tertiary/aromatic N) is 1. The Balaban J connectivity index is 2.00. The lowest BCUT2D eigenvalue weighted by molar-refractivity contribution is 0.130. The predicted molar refractivity (Wildman–Crippen MR) is 85.6 cm³/mol. The van der Waals surface area contributed by atoms with Gasteiger partial charge in [0, 0.05) is 27.8 Å². The Morgan fingerprint density at radius 2 is 2.24 bits per heavy atom. The summed E-state index contributed by atoms with van der Waals surface area (Å²) in [6.45, 7) is 0. The van der Waals surface area contributed by atoms with E-state index >= 15 is 0 Å². The summed E-state index contributed by atoms with van der Waals surface area (Å²) in [7, 11) is 1.63. The molecular weight excluding hydrogens is 330 g/mol. The highest BCUT2D eigenvalue weighted by Crippen LogP contribution is 2.42. The molecule has 0 saturated carbocycles. The second-order valence-corrected chi connectivity index (χ2v) is 6.29. The SMILES string of the molecule is COc1ccc(Br)cc1C(O)C1CCCc2cccnc21. The van der Waals surface area contributed by atoms with E-state index in [9.17, 15) is 5.11 Å². The van der Waals surface area contributed by atoms with Crippen LogP contribution in [0, 0.1) is 0 Å². The molecule has 0 aliphatic heterocycles. The molecule has 4 heteroatoms. The number of aliphatic hydroxyl groups is 1. The fourth-order valence-electron chi connectivity index (χ4n) is 3.11. The third kappa shape index (κ3) is 2.83. The van der Waals surface area contributed by atoms with Crippen LogP contribution in [-0.4, -0.2) is 17.2 Å². The maximum atomic E-state index is 10.9. The molecule has 0 amide bonds. The van der Waals surface area contributed by atoms with Crippen molar-refractivity contribution in [2.75, 3.05) is 7.11 Å². The molecular formula is C17H18BrNO2. The summed E-state index contributed by atoms with van der Waals surface area (Å²) in [5, 5.41) is 10.9. The summed E-state index contributed by atoms with van der Waals surface area (Å²) in [5.74, 6) is 0.743. The average Bonchev–Trinajstić information content (AvgIpc) is 2.53. The molecule has 0 radical (unpaired) electrons. The number of aliphatic hydroxyl groups excluding tert-OH is 1. The number of pyridine rings is 1. The highest BCUT2D eigenvalue weighted by atomic mass is 79.9. The maximum Gasteiger partial charge on any atom is 0.124 e. The Labute approximate surface area is 133 Å². The van der Waals surface area contributed by atoms with Gasteiger partial charge in [-0.2, -0.15) is 0 Å². The number of ether oxygens (including phenoxy) is 1. The minimum absolute atomic E-state index is 0.0261. The van der Waals surface area contributed by atoms with Crippen LogP contribution in [0.25, 0.3) is 0 Å². The smallest absolute Gasteiger partial charge is 0.124 e. The van der Waals surface area contributed by atoms with Gasteiger partial charge in [0.1, 0.15) is 5.75 Å². The molecule has 3 rings (SSSR count). The van der Waals surface area contributed by atoms with E-state index in [-0.39, 0.29) is 5.92 Å². The Kier molecular flexibility index (Phi) is 4.27. The van der Waals surface area contributed by atoms with Crippen LogP contribution in [0.3, 0.4) is 0 Å². The molecule has 21 heavy (non-hydrogen) atoms. The number of hydrogen-bond acceptors (Lipinski definition) is 3. The number of methoxy groups -OCH3 is 1. The Morgan fingerprint density at radius 3 is 3.05 bits per heavy atom. The lowest BCUT2D eigenvalue weighted by Gasteiger charge is -2.29. The van der Waals surface area contributed by atoms with Crippen LogP contribution in [0.5, 0.6) is 5.75 Å². The van der Waals surface area contributed by atoms with Gasteiger partial charge in [0.25, 0.3) is 0 Å². The molecule has 1 heterocycles. The van der Waals surface area contributed by atoms with Crippen molar-refractivity contribution in [1.29, 1.82) is 0 Å². The molecule has 3 nitrogen and oxygen atoms in total. The van der Waals surface area contributed by atoms with Crippen LogP contribution in [0.4, 0.5) is 0 Å². The van der Waals surface area contributed by atoms with Crippen molar-refractivity contribution in [3.8, 4) is 5.75 Å². The molecule has 1 aromatic carbocycles. The van der Waals surface area contributed by atoms with Gasteiger partial charge in [-0.15, -0.1) is 0 Å². The van der Waals surface area contributed by atoms with Gasteiger partial charge in [-0.3, -0.25) is 4.98 Å². The molecule has 2 atom stereocenters. The molecule has 2 aromatic rings. The molecule has 0 bridgehead atoms. The number of rotatable bonds is 3. The van der Waals surface area contributed by atoms with Crippen molar-refractivity contribution in [1.82, 2.24) is 4.98 Å². The number of hydrogen-bond donors (Lipinski definition) is 1. The van der Waals surface area contributed by atoms with Gasteiger partial charge in [-0.05, 0) is 49.1 Å². The van der Waals surface area contributed by atoms with Gasteiger partial charge < -0.3 is 9.84 Å². The van der Waals surface area contributed by atoms with Crippen molar-refractivity contribution in [2.24, 2.45) is 0 Å². The fraction of sp³-hybridized carbons (Fsp3) is 0.353. The van der Waals surface area contributed by atoms with E-state index in [4.69, 9.17) is 4.74 Å². The normalized spacial score (nSPS) is 18.9. The number of aromatic nitrogens is 1. The molecule has 1 aliphatic rings. The van der Waals surface area contributed by atoms with E-state index in [1.54, 1.807) is 7.11 Å². The van der Waals surface area contributed by atoms with Crippen molar-refractivity contribution >= 4 is 15.9 Å².